The van der Waals surface area contributed by atoms with Gasteiger partial charge < -0.3 is 0 Å². The van der Waals surface area contributed by atoms with Gasteiger partial charge in [-0.25, -0.2) is 0 Å². The number of rotatable bonds is 1. The van der Waals surface area contributed by atoms with Gasteiger partial charge in [0.1, 0.15) is 0 Å². The van der Waals surface area contributed by atoms with Crippen LogP contribution in [0.15, 0.2) is 48.0 Å². The Kier molecular flexibility index (Phi) is 4.39. The quantitative estimate of drug-likeness (QED) is 0.375. The number of halogens is 1. The normalized spacial score (nSPS) is 12.8. The second-order valence-electron chi connectivity index (χ2n) is 5.60. The molecule has 0 spiro atoms. The van der Waals surface area contributed by atoms with Crippen molar-refractivity contribution in [1.29, 1.82) is 0 Å². The number of carbonyl (C=O) groups excluding carboxylic acids is 3. The van der Waals surface area contributed by atoms with E-state index in [0.717, 1.165) is 5.57 Å². The maximum atomic E-state index is 12.8. The molecule has 4 heteroatoms. The van der Waals surface area contributed by atoms with E-state index in [0.29, 0.717) is 11.1 Å². The fraction of sp³-hybridized carbons (Fsp3) is 0.0952. The molecule has 122 valence electrons. The van der Waals surface area contributed by atoms with Crippen molar-refractivity contribution >= 4 is 29.0 Å². The highest BCUT2D eigenvalue weighted by molar-refractivity contribution is 6.42. The standard InChI is InChI=1S/C21H13ClO3/c1-3-12(2)8-11-17(23)15-9-10-16-18(19(15)22)21(25)14-7-5-4-6-13(14)20(16)24/h3-7,9-10H,1-2H3/b12-3+. The summed E-state index contributed by atoms with van der Waals surface area (Å²) >= 11 is 6.32. The van der Waals surface area contributed by atoms with Gasteiger partial charge in [0.05, 0.1) is 16.1 Å². The summed E-state index contributed by atoms with van der Waals surface area (Å²) in [6.45, 7) is 3.61. The van der Waals surface area contributed by atoms with Crippen LogP contribution in [-0.2, 0) is 0 Å². The van der Waals surface area contributed by atoms with E-state index in [1.54, 1.807) is 37.3 Å². The maximum Gasteiger partial charge on any atom is 0.237 e. The van der Waals surface area contributed by atoms with Crippen molar-refractivity contribution in [1.82, 2.24) is 0 Å². The van der Waals surface area contributed by atoms with Crippen LogP contribution in [-0.4, -0.2) is 17.3 Å². The van der Waals surface area contributed by atoms with Crippen molar-refractivity contribution in [3.63, 3.8) is 0 Å². The third-order valence-corrected chi connectivity index (χ3v) is 4.47. The van der Waals surface area contributed by atoms with Crippen molar-refractivity contribution in [2.45, 2.75) is 13.8 Å². The predicted molar refractivity (Wildman–Crippen MR) is 96.3 cm³/mol. The Labute approximate surface area is 150 Å². The number of ketones is 3. The van der Waals surface area contributed by atoms with Crippen LogP contribution in [0.1, 0.15) is 56.0 Å². The summed E-state index contributed by atoms with van der Waals surface area (Å²) in [5, 5.41) is -0.0252. The lowest BCUT2D eigenvalue weighted by molar-refractivity contribution is 0.0978. The summed E-state index contributed by atoms with van der Waals surface area (Å²) in [5.41, 5.74) is 1.80. The number of fused-ring (bicyclic) bond motifs is 2. The highest BCUT2D eigenvalue weighted by Gasteiger charge is 2.32. The van der Waals surface area contributed by atoms with Gasteiger partial charge in [-0.05, 0) is 37.5 Å². The Morgan fingerprint density at radius 3 is 2.24 bits per heavy atom. The van der Waals surface area contributed by atoms with Crippen LogP contribution < -0.4 is 0 Å². The Hall–Kier alpha value is -2.96. The zero-order chi connectivity index (χ0) is 18.1. The van der Waals surface area contributed by atoms with Crippen LogP contribution in [0.4, 0.5) is 0 Å². The zero-order valence-corrected chi connectivity index (χ0v) is 14.4. The predicted octanol–water partition coefficient (Wildman–Crippen LogP) is 4.27. The zero-order valence-electron chi connectivity index (χ0n) is 13.6. The fourth-order valence-corrected chi connectivity index (χ4v) is 2.95. The average Bonchev–Trinajstić information content (AvgIpc) is 2.63. The van der Waals surface area contributed by atoms with Gasteiger partial charge in [0, 0.05) is 16.7 Å². The molecule has 2 aromatic carbocycles. The third-order valence-electron chi connectivity index (χ3n) is 4.08. The van der Waals surface area contributed by atoms with E-state index in [1.165, 1.54) is 12.1 Å². The van der Waals surface area contributed by atoms with Gasteiger partial charge in [-0.3, -0.25) is 14.4 Å². The molecule has 25 heavy (non-hydrogen) atoms. The van der Waals surface area contributed by atoms with Crippen molar-refractivity contribution < 1.29 is 14.4 Å². The van der Waals surface area contributed by atoms with Crippen LogP contribution in [0.3, 0.4) is 0 Å². The SMILES string of the molecule is C/C=C(\C)C#CC(=O)c1ccc2c(c1Cl)C(=O)c1ccccc1C2=O. The van der Waals surface area contributed by atoms with Gasteiger partial charge in [-0.1, -0.05) is 47.9 Å². The van der Waals surface area contributed by atoms with E-state index in [2.05, 4.69) is 11.8 Å². The van der Waals surface area contributed by atoms with Crippen molar-refractivity contribution in [3.05, 3.63) is 80.9 Å². The van der Waals surface area contributed by atoms with E-state index < -0.39 is 5.78 Å². The molecule has 0 saturated heterocycles. The van der Waals surface area contributed by atoms with E-state index in [4.69, 9.17) is 11.6 Å². The minimum atomic E-state index is -0.492. The largest absolute Gasteiger partial charge is 0.289 e. The molecule has 0 amide bonds. The molecule has 3 rings (SSSR count). The third kappa shape index (κ3) is 2.82. The second kappa shape index (κ2) is 6.51. The van der Waals surface area contributed by atoms with Gasteiger partial charge in [-0.15, -0.1) is 0 Å². The first-order chi connectivity index (χ1) is 12.0. The molecule has 1 aliphatic carbocycles. The molecule has 0 unspecified atom stereocenters. The fourth-order valence-electron chi connectivity index (χ4n) is 2.62. The van der Waals surface area contributed by atoms with Gasteiger partial charge >= 0.3 is 0 Å². The van der Waals surface area contributed by atoms with Crippen molar-refractivity contribution in [2.24, 2.45) is 0 Å². The minimum Gasteiger partial charge on any atom is -0.289 e. The molecule has 3 nitrogen and oxygen atoms in total. The van der Waals surface area contributed by atoms with Crippen molar-refractivity contribution in [3.8, 4) is 11.8 Å². The van der Waals surface area contributed by atoms with Crippen LogP contribution in [0.25, 0.3) is 0 Å². The lowest BCUT2D eigenvalue weighted by atomic mass is 9.83. The van der Waals surface area contributed by atoms with E-state index in [-0.39, 0.29) is 33.3 Å². The number of allylic oxidation sites excluding steroid dienone is 2. The van der Waals surface area contributed by atoms with Gasteiger partial charge in [0.15, 0.2) is 11.6 Å². The molecular formula is C21H13ClO3. The number of Topliss-reactive ketones (excluding diaryl/α,β-unsaturated/α-hetero) is 1. The average molecular weight is 349 g/mol. The molecule has 0 aromatic heterocycles. The lowest BCUT2D eigenvalue weighted by Gasteiger charge is -2.19. The Morgan fingerprint density at radius 2 is 1.60 bits per heavy atom. The maximum absolute atomic E-state index is 12.8. The second-order valence-corrected chi connectivity index (χ2v) is 5.98. The summed E-state index contributed by atoms with van der Waals surface area (Å²) in [4.78, 5) is 37.7. The number of hydrogen-bond donors (Lipinski definition) is 0. The highest BCUT2D eigenvalue weighted by Crippen LogP contribution is 2.34. The molecule has 1 aliphatic rings. The Balaban J connectivity index is 2.14. The lowest BCUT2D eigenvalue weighted by Crippen LogP contribution is -2.22. The van der Waals surface area contributed by atoms with Gasteiger partial charge in [-0.2, -0.15) is 0 Å². The summed E-state index contributed by atoms with van der Waals surface area (Å²) in [5.74, 6) is 4.10. The first-order valence-electron chi connectivity index (χ1n) is 7.66. The summed E-state index contributed by atoms with van der Waals surface area (Å²) in [7, 11) is 0. The Bertz CT molecular complexity index is 1030. The van der Waals surface area contributed by atoms with Gasteiger partial charge in [0.2, 0.25) is 5.78 Å². The van der Waals surface area contributed by atoms with Gasteiger partial charge in [0.25, 0.3) is 0 Å². The van der Waals surface area contributed by atoms with Crippen LogP contribution in [0, 0.1) is 11.8 Å². The molecule has 0 fully saturated rings. The summed E-state index contributed by atoms with van der Waals surface area (Å²) in [6, 6.07) is 9.49. The minimum absolute atomic E-state index is 0.0252. The number of carbonyl (C=O) groups is 3. The molecule has 0 N–H and O–H groups in total. The molecule has 0 bridgehead atoms. The van der Waals surface area contributed by atoms with E-state index in [1.807, 2.05) is 6.92 Å². The van der Waals surface area contributed by atoms with Crippen LogP contribution >= 0.6 is 11.6 Å². The Morgan fingerprint density at radius 1 is 0.960 bits per heavy atom. The molecule has 0 saturated carbocycles. The van der Waals surface area contributed by atoms with Crippen LogP contribution in [0.5, 0.6) is 0 Å². The van der Waals surface area contributed by atoms with Crippen molar-refractivity contribution in [2.75, 3.05) is 0 Å². The molecule has 0 heterocycles. The number of benzene rings is 2. The van der Waals surface area contributed by atoms with Crippen LogP contribution in [0.2, 0.25) is 5.02 Å². The molecule has 0 aliphatic heterocycles. The smallest absolute Gasteiger partial charge is 0.237 e. The first-order valence-corrected chi connectivity index (χ1v) is 8.03. The molecular weight excluding hydrogens is 336 g/mol. The molecule has 2 aromatic rings. The highest BCUT2D eigenvalue weighted by atomic mass is 35.5. The molecule has 0 radical (unpaired) electrons. The van der Waals surface area contributed by atoms with E-state index >= 15 is 0 Å². The first kappa shape index (κ1) is 16.9. The summed E-state index contributed by atoms with van der Waals surface area (Å²) in [6.07, 6.45) is 1.79. The van der Waals surface area contributed by atoms with E-state index in [9.17, 15) is 14.4 Å². The summed E-state index contributed by atoms with van der Waals surface area (Å²) < 4.78 is 0. The number of hydrogen-bond acceptors (Lipinski definition) is 3. The molecule has 0 atom stereocenters. The topological polar surface area (TPSA) is 51.2 Å². The monoisotopic (exact) mass is 348 g/mol.